The van der Waals surface area contributed by atoms with E-state index in [1.54, 1.807) is 18.3 Å². The second-order valence-corrected chi connectivity index (χ2v) is 13.5. The van der Waals surface area contributed by atoms with Gasteiger partial charge in [-0.1, -0.05) is 56.7 Å². The molecule has 5 rings (SSSR count). The summed E-state index contributed by atoms with van der Waals surface area (Å²) >= 11 is 0. The van der Waals surface area contributed by atoms with Gasteiger partial charge in [-0.3, -0.25) is 14.4 Å². The molecule has 7 atom stereocenters. The molecular weight excluding hydrogens is 644 g/mol. The third-order valence-electron chi connectivity index (χ3n) is 10.1. The summed E-state index contributed by atoms with van der Waals surface area (Å²) in [4.78, 5) is 46.8. The standard InChI is InChI=1S/C38H47F2N5O5/c1-4-24(2)38(44-25(3)46)15-17-45(37(38)49)33(14-13-26-10-6-5-7-11-26)36(48)43-32(20-27-18-28(39)21-29(40)19-27)35(47)31-22-30(23-42-31)50-34-12-8-9-16-41-34/h5-12,16,18-19,21,24,30-33,35,42,47H,4,13-15,17,20,22-23H2,1-3H3,(H,43,48)(H,44,46)/t24?,30-,31+,32-,33-,35+,38-/m0/s1. The van der Waals surface area contributed by atoms with Crippen LogP contribution in [0, 0.1) is 17.6 Å². The van der Waals surface area contributed by atoms with Crippen molar-refractivity contribution in [2.45, 2.75) is 95.2 Å². The van der Waals surface area contributed by atoms with Gasteiger partial charge in [-0.05, 0) is 60.9 Å². The lowest BCUT2D eigenvalue weighted by Gasteiger charge is -2.36. The summed E-state index contributed by atoms with van der Waals surface area (Å²) in [7, 11) is 0. The van der Waals surface area contributed by atoms with Gasteiger partial charge in [0, 0.05) is 50.8 Å². The van der Waals surface area contributed by atoms with Crippen molar-refractivity contribution in [2.75, 3.05) is 13.1 Å². The first kappa shape index (κ1) is 36.9. The lowest BCUT2D eigenvalue weighted by atomic mass is 9.81. The van der Waals surface area contributed by atoms with E-state index >= 15 is 0 Å². The average molecular weight is 692 g/mol. The lowest BCUT2D eigenvalue weighted by molar-refractivity contribution is -0.144. The number of nitrogens with zero attached hydrogens (tertiary/aromatic N) is 2. The van der Waals surface area contributed by atoms with Crippen LogP contribution in [0.3, 0.4) is 0 Å². The Balaban J connectivity index is 1.41. The maximum Gasteiger partial charge on any atom is 0.249 e. The van der Waals surface area contributed by atoms with Gasteiger partial charge < -0.3 is 30.7 Å². The number of aliphatic hydroxyl groups excluding tert-OH is 1. The second-order valence-electron chi connectivity index (χ2n) is 13.5. The number of aryl methyl sites for hydroxylation is 1. The van der Waals surface area contributed by atoms with Crippen LogP contribution >= 0.6 is 0 Å². The van der Waals surface area contributed by atoms with Gasteiger partial charge in [0.15, 0.2) is 0 Å². The van der Waals surface area contributed by atoms with Crippen molar-refractivity contribution in [2.24, 2.45) is 5.92 Å². The van der Waals surface area contributed by atoms with E-state index < -0.39 is 47.3 Å². The quantitative estimate of drug-likeness (QED) is 0.191. The highest BCUT2D eigenvalue weighted by Crippen LogP contribution is 2.35. The van der Waals surface area contributed by atoms with Gasteiger partial charge in [-0.2, -0.15) is 0 Å². The molecule has 1 aromatic heterocycles. The summed E-state index contributed by atoms with van der Waals surface area (Å²) in [5, 5.41) is 20.9. The normalized spacial score (nSPS) is 22.8. The third-order valence-corrected chi connectivity index (χ3v) is 10.1. The molecule has 0 aliphatic carbocycles. The van der Waals surface area contributed by atoms with Crippen LogP contribution in [-0.2, 0) is 27.2 Å². The third kappa shape index (κ3) is 8.83. The van der Waals surface area contributed by atoms with Crippen molar-refractivity contribution in [1.29, 1.82) is 0 Å². The van der Waals surface area contributed by atoms with Crippen molar-refractivity contribution in [3.63, 3.8) is 0 Å². The number of halogens is 2. The molecule has 2 aromatic carbocycles. The Morgan fingerprint density at radius 3 is 2.48 bits per heavy atom. The molecule has 3 aromatic rings. The topological polar surface area (TPSA) is 133 Å². The first-order valence-electron chi connectivity index (χ1n) is 17.4. The van der Waals surface area contributed by atoms with E-state index in [1.165, 1.54) is 24.0 Å². The Morgan fingerprint density at radius 1 is 1.10 bits per heavy atom. The minimum Gasteiger partial charge on any atom is -0.473 e. The van der Waals surface area contributed by atoms with E-state index in [-0.39, 0.29) is 48.8 Å². The van der Waals surface area contributed by atoms with Crippen LogP contribution in [0.15, 0.2) is 72.9 Å². The van der Waals surface area contributed by atoms with Crippen molar-refractivity contribution in [3.05, 3.63) is 95.7 Å². The molecular formula is C38H47F2N5O5. The largest absolute Gasteiger partial charge is 0.473 e. The number of ether oxygens (including phenoxy) is 1. The fourth-order valence-corrected chi connectivity index (χ4v) is 7.26. The van der Waals surface area contributed by atoms with Crippen LogP contribution in [-0.4, -0.2) is 81.7 Å². The molecule has 3 amide bonds. The van der Waals surface area contributed by atoms with Gasteiger partial charge in [-0.15, -0.1) is 0 Å². The monoisotopic (exact) mass is 691 g/mol. The molecule has 12 heteroatoms. The van der Waals surface area contributed by atoms with E-state index in [0.717, 1.165) is 11.6 Å². The smallest absolute Gasteiger partial charge is 0.249 e. The highest BCUT2D eigenvalue weighted by Gasteiger charge is 2.53. The Bertz CT molecular complexity index is 1600. The average Bonchev–Trinajstić information content (AvgIpc) is 3.68. The molecule has 0 spiro atoms. The molecule has 2 aliphatic heterocycles. The Kier molecular flexibility index (Phi) is 12.2. The van der Waals surface area contributed by atoms with Gasteiger partial charge in [0.1, 0.15) is 29.3 Å². The number of amides is 3. The molecule has 0 bridgehead atoms. The van der Waals surface area contributed by atoms with Gasteiger partial charge in [0.2, 0.25) is 23.6 Å². The Hall–Kier alpha value is -4.42. The number of carbonyl (C=O) groups excluding carboxylic acids is 3. The number of hydrogen-bond acceptors (Lipinski definition) is 7. The molecule has 2 saturated heterocycles. The van der Waals surface area contributed by atoms with E-state index in [9.17, 15) is 28.3 Å². The SMILES string of the molecule is CCC(C)[C@@]1(NC(C)=O)CCN([C@@H](CCc2ccccc2)C(=O)N[C@@H](Cc2cc(F)cc(F)c2)[C@H](O)[C@H]2C[C@H](Oc3ccccn3)CN2)C1=O. The number of pyridine rings is 1. The fraction of sp³-hybridized carbons (Fsp3) is 0.474. The minimum atomic E-state index is -1.19. The number of hydrogen-bond donors (Lipinski definition) is 4. The lowest BCUT2D eigenvalue weighted by Crippen LogP contribution is -2.61. The number of likely N-dealkylation sites (tertiary alicyclic amines) is 1. The first-order valence-corrected chi connectivity index (χ1v) is 17.4. The zero-order valence-corrected chi connectivity index (χ0v) is 28.8. The number of rotatable bonds is 15. The van der Waals surface area contributed by atoms with E-state index in [0.29, 0.717) is 38.1 Å². The summed E-state index contributed by atoms with van der Waals surface area (Å²) in [5.74, 6) is -2.45. The first-order chi connectivity index (χ1) is 24.0. The molecule has 0 radical (unpaired) electrons. The predicted molar refractivity (Wildman–Crippen MR) is 184 cm³/mol. The van der Waals surface area contributed by atoms with Gasteiger partial charge in [0.25, 0.3) is 0 Å². The van der Waals surface area contributed by atoms with Crippen molar-refractivity contribution >= 4 is 17.7 Å². The molecule has 2 aliphatic rings. The molecule has 2 fully saturated rings. The molecule has 1 unspecified atom stereocenters. The number of aromatic nitrogens is 1. The zero-order valence-electron chi connectivity index (χ0n) is 28.8. The Morgan fingerprint density at radius 2 is 1.82 bits per heavy atom. The van der Waals surface area contributed by atoms with E-state index in [4.69, 9.17) is 4.74 Å². The maximum atomic E-state index is 14.4. The minimum absolute atomic E-state index is 0.0758. The maximum absolute atomic E-state index is 14.4. The van der Waals surface area contributed by atoms with Gasteiger partial charge in [-0.25, -0.2) is 13.8 Å². The number of benzene rings is 2. The van der Waals surface area contributed by atoms with Crippen LogP contribution in [0.5, 0.6) is 5.88 Å². The summed E-state index contributed by atoms with van der Waals surface area (Å²) in [6.07, 6.45) is 2.17. The number of carbonyl (C=O) groups is 3. The molecule has 268 valence electrons. The summed E-state index contributed by atoms with van der Waals surface area (Å²) in [6.45, 7) is 5.91. The van der Waals surface area contributed by atoms with Gasteiger partial charge in [0.05, 0.1) is 12.1 Å². The van der Waals surface area contributed by atoms with Crippen LogP contribution < -0.4 is 20.7 Å². The summed E-state index contributed by atoms with van der Waals surface area (Å²) < 4.78 is 34.6. The molecule has 10 nitrogen and oxygen atoms in total. The highest BCUT2D eigenvalue weighted by molar-refractivity contribution is 5.96. The van der Waals surface area contributed by atoms with Crippen LogP contribution in [0.1, 0.15) is 57.6 Å². The van der Waals surface area contributed by atoms with Crippen molar-refractivity contribution in [3.8, 4) is 5.88 Å². The van der Waals surface area contributed by atoms with Crippen LogP contribution in [0.4, 0.5) is 8.78 Å². The van der Waals surface area contributed by atoms with Crippen LogP contribution in [0.25, 0.3) is 0 Å². The predicted octanol–water partition coefficient (Wildman–Crippen LogP) is 3.71. The van der Waals surface area contributed by atoms with E-state index in [1.807, 2.05) is 50.2 Å². The fourth-order valence-electron chi connectivity index (χ4n) is 7.26. The number of nitrogens with one attached hydrogen (secondary N) is 3. The molecule has 50 heavy (non-hydrogen) atoms. The van der Waals surface area contributed by atoms with E-state index in [2.05, 4.69) is 20.9 Å². The molecule has 4 N–H and O–H groups in total. The number of aliphatic hydroxyl groups is 1. The molecule has 3 heterocycles. The zero-order chi connectivity index (χ0) is 35.8. The Labute approximate surface area is 292 Å². The van der Waals surface area contributed by atoms with Gasteiger partial charge >= 0.3 is 0 Å². The molecule has 0 saturated carbocycles. The van der Waals surface area contributed by atoms with Crippen molar-refractivity contribution in [1.82, 2.24) is 25.8 Å². The summed E-state index contributed by atoms with van der Waals surface area (Å²) in [5.41, 5.74) is 0.0823. The second kappa shape index (κ2) is 16.5. The van der Waals surface area contributed by atoms with Crippen LogP contribution in [0.2, 0.25) is 0 Å². The highest BCUT2D eigenvalue weighted by atomic mass is 19.1. The van der Waals surface area contributed by atoms with Crippen molar-refractivity contribution < 1.29 is 33.0 Å². The summed E-state index contributed by atoms with van der Waals surface area (Å²) in [6, 6.07) is 15.6.